The standard InChI is InChI=1S/C13H23BrN2O2S2/c1-5-6-7-16(4)20(17,18)12-8-11(19-13(12)14)9-15-10(2)3/h8,10,15H,5-7,9H2,1-4H3. The maximum atomic E-state index is 12.5. The van der Waals surface area contributed by atoms with Crippen LogP contribution in [0.2, 0.25) is 0 Å². The highest BCUT2D eigenvalue weighted by molar-refractivity contribution is 9.11. The van der Waals surface area contributed by atoms with Crippen molar-refractivity contribution >= 4 is 37.3 Å². The second-order valence-electron chi connectivity index (χ2n) is 5.07. The molecule has 0 aromatic carbocycles. The molecular weight excluding hydrogens is 360 g/mol. The SMILES string of the molecule is CCCCN(C)S(=O)(=O)c1cc(CNC(C)C)sc1Br. The first-order valence-electron chi connectivity index (χ1n) is 6.77. The molecule has 0 spiro atoms. The van der Waals surface area contributed by atoms with Gasteiger partial charge in [0.1, 0.15) is 4.90 Å². The number of hydrogen-bond acceptors (Lipinski definition) is 4. The zero-order valence-electron chi connectivity index (χ0n) is 12.4. The van der Waals surface area contributed by atoms with Crippen molar-refractivity contribution < 1.29 is 8.42 Å². The molecule has 0 atom stereocenters. The minimum absolute atomic E-state index is 0.377. The molecule has 1 aromatic rings. The summed E-state index contributed by atoms with van der Waals surface area (Å²) in [5, 5.41) is 3.30. The minimum atomic E-state index is -3.39. The van der Waals surface area contributed by atoms with Gasteiger partial charge in [-0.15, -0.1) is 11.3 Å². The third kappa shape index (κ3) is 4.80. The second kappa shape index (κ2) is 7.89. The van der Waals surface area contributed by atoms with Crippen LogP contribution < -0.4 is 5.32 Å². The van der Waals surface area contributed by atoms with Gasteiger partial charge in [-0.05, 0) is 28.4 Å². The molecule has 0 bridgehead atoms. The predicted molar refractivity (Wildman–Crippen MR) is 88.7 cm³/mol. The Labute approximate surface area is 134 Å². The number of unbranched alkanes of at least 4 members (excludes halogenated alkanes) is 1. The molecule has 1 heterocycles. The third-order valence-corrected chi connectivity index (χ3v) is 7.01. The van der Waals surface area contributed by atoms with Gasteiger partial charge >= 0.3 is 0 Å². The van der Waals surface area contributed by atoms with Gasteiger partial charge in [0.05, 0.1) is 3.79 Å². The van der Waals surface area contributed by atoms with Crippen LogP contribution in [0.5, 0.6) is 0 Å². The minimum Gasteiger partial charge on any atom is -0.310 e. The van der Waals surface area contributed by atoms with Crippen molar-refractivity contribution in [1.82, 2.24) is 9.62 Å². The fourth-order valence-corrected chi connectivity index (χ4v) is 5.42. The maximum Gasteiger partial charge on any atom is 0.244 e. The van der Waals surface area contributed by atoms with Gasteiger partial charge in [-0.1, -0.05) is 27.2 Å². The normalized spacial score (nSPS) is 12.6. The quantitative estimate of drug-likeness (QED) is 0.748. The number of halogens is 1. The van der Waals surface area contributed by atoms with Gasteiger partial charge < -0.3 is 5.32 Å². The van der Waals surface area contributed by atoms with Crippen molar-refractivity contribution in [3.63, 3.8) is 0 Å². The van der Waals surface area contributed by atoms with E-state index >= 15 is 0 Å². The maximum absolute atomic E-state index is 12.5. The van der Waals surface area contributed by atoms with Crippen molar-refractivity contribution in [3.8, 4) is 0 Å². The van der Waals surface area contributed by atoms with E-state index in [0.29, 0.717) is 27.8 Å². The summed E-state index contributed by atoms with van der Waals surface area (Å²) in [5.74, 6) is 0. The summed E-state index contributed by atoms with van der Waals surface area (Å²) < 4.78 is 27.1. The molecule has 0 amide bonds. The van der Waals surface area contributed by atoms with Gasteiger partial charge in [-0.2, -0.15) is 0 Å². The molecule has 0 aliphatic carbocycles. The largest absolute Gasteiger partial charge is 0.310 e. The van der Waals surface area contributed by atoms with Crippen molar-refractivity contribution in [2.75, 3.05) is 13.6 Å². The lowest BCUT2D eigenvalue weighted by atomic mass is 10.3. The van der Waals surface area contributed by atoms with Gasteiger partial charge in [-0.3, -0.25) is 0 Å². The van der Waals surface area contributed by atoms with Crippen LogP contribution in [0.1, 0.15) is 38.5 Å². The van der Waals surface area contributed by atoms with Gasteiger partial charge in [0.15, 0.2) is 0 Å². The molecule has 0 aliphatic rings. The summed E-state index contributed by atoms with van der Waals surface area (Å²) in [5.41, 5.74) is 0. The van der Waals surface area contributed by atoms with Crippen molar-refractivity contribution in [1.29, 1.82) is 0 Å². The Bertz CT molecular complexity index is 526. The van der Waals surface area contributed by atoms with Crippen LogP contribution in [0, 0.1) is 0 Å². The summed E-state index contributed by atoms with van der Waals surface area (Å²) in [6.45, 7) is 7.43. The van der Waals surface area contributed by atoms with Crippen LogP contribution in [0.15, 0.2) is 14.7 Å². The summed E-state index contributed by atoms with van der Waals surface area (Å²) in [4.78, 5) is 1.40. The Morgan fingerprint density at radius 1 is 1.45 bits per heavy atom. The summed E-state index contributed by atoms with van der Waals surface area (Å²) in [7, 11) is -1.75. The Morgan fingerprint density at radius 3 is 2.65 bits per heavy atom. The van der Waals surface area contributed by atoms with E-state index in [1.165, 1.54) is 15.6 Å². The first-order chi connectivity index (χ1) is 9.28. The molecule has 1 rings (SSSR count). The lowest BCUT2D eigenvalue weighted by molar-refractivity contribution is 0.459. The Morgan fingerprint density at radius 2 is 2.10 bits per heavy atom. The van der Waals surface area contributed by atoms with Crippen LogP contribution in [0.4, 0.5) is 0 Å². The van der Waals surface area contributed by atoms with Crippen LogP contribution in [0.3, 0.4) is 0 Å². The fraction of sp³-hybridized carbons (Fsp3) is 0.692. The summed E-state index contributed by atoms with van der Waals surface area (Å²) in [6.07, 6.45) is 1.85. The topological polar surface area (TPSA) is 49.4 Å². The molecule has 4 nitrogen and oxygen atoms in total. The average Bonchev–Trinajstić information content (AvgIpc) is 2.75. The summed E-state index contributed by atoms with van der Waals surface area (Å²) in [6, 6.07) is 2.14. The molecule has 116 valence electrons. The van der Waals surface area contributed by atoms with E-state index in [9.17, 15) is 8.42 Å². The number of sulfonamides is 1. The highest BCUT2D eigenvalue weighted by Gasteiger charge is 2.25. The van der Waals surface area contributed by atoms with E-state index < -0.39 is 10.0 Å². The smallest absolute Gasteiger partial charge is 0.244 e. The molecule has 0 saturated carbocycles. The van der Waals surface area contributed by atoms with Crippen LogP contribution in [-0.2, 0) is 16.6 Å². The van der Waals surface area contributed by atoms with E-state index in [1.807, 2.05) is 0 Å². The van der Waals surface area contributed by atoms with Crippen molar-refractivity contribution in [2.45, 2.75) is 51.1 Å². The second-order valence-corrected chi connectivity index (χ2v) is 9.53. The number of nitrogens with one attached hydrogen (secondary N) is 1. The van der Waals surface area contributed by atoms with E-state index in [0.717, 1.165) is 17.7 Å². The first kappa shape index (κ1) is 18.1. The molecule has 0 unspecified atom stereocenters. The molecule has 0 radical (unpaired) electrons. The zero-order chi connectivity index (χ0) is 15.3. The number of hydrogen-bond donors (Lipinski definition) is 1. The highest BCUT2D eigenvalue weighted by Crippen LogP contribution is 2.33. The van der Waals surface area contributed by atoms with Gasteiger partial charge in [-0.25, -0.2) is 12.7 Å². The van der Waals surface area contributed by atoms with E-state index in [-0.39, 0.29) is 0 Å². The van der Waals surface area contributed by atoms with Gasteiger partial charge in [0.25, 0.3) is 0 Å². The highest BCUT2D eigenvalue weighted by atomic mass is 79.9. The molecule has 0 aliphatic heterocycles. The molecule has 1 aromatic heterocycles. The monoisotopic (exact) mass is 382 g/mol. The molecule has 7 heteroatoms. The average molecular weight is 383 g/mol. The predicted octanol–water partition coefficient (Wildman–Crippen LogP) is 3.43. The number of thiophene rings is 1. The Balaban J connectivity index is 2.89. The number of rotatable bonds is 8. The van der Waals surface area contributed by atoms with Crippen molar-refractivity contribution in [2.24, 2.45) is 0 Å². The van der Waals surface area contributed by atoms with E-state index in [4.69, 9.17) is 0 Å². The van der Waals surface area contributed by atoms with E-state index in [1.54, 1.807) is 13.1 Å². The lowest BCUT2D eigenvalue weighted by Gasteiger charge is -2.16. The van der Waals surface area contributed by atoms with Gasteiger partial charge in [0.2, 0.25) is 10.0 Å². The zero-order valence-corrected chi connectivity index (χ0v) is 15.7. The van der Waals surface area contributed by atoms with Gasteiger partial charge in [0, 0.05) is 31.1 Å². The summed E-state index contributed by atoms with van der Waals surface area (Å²) >= 11 is 4.85. The first-order valence-corrected chi connectivity index (χ1v) is 9.82. The Hall–Kier alpha value is 0.0500. The van der Waals surface area contributed by atoms with Crippen LogP contribution in [-0.4, -0.2) is 32.4 Å². The Kier molecular flexibility index (Phi) is 7.14. The molecule has 0 saturated heterocycles. The molecule has 1 N–H and O–H groups in total. The number of nitrogens with zero attached hydrogens (tertiary/aromatic N) is 1. The lowest BCUT2D eigenvalue weighted by Crippen LogP contribution is -2.27. The van der Waals surface area contributed by atoms with E-state index in [2.05, 4.69) is 42.0 Å². The molecule has 0 fully saturated rings. The van der Waals surface area contributed by atoms with Crippen LogP contribution >= 0.6 is 27.3 Å². The molecule has 20 heavy (non-hydrogen) atoms. The fourth-order valence-electron chi connectivity index (χ4n) is 1.63. The molecular formula is C13H23BrN2O2S2. The van der Waals surface area contributed by atoms with Crippen LogP contribution in [0.25, 0.3) is 0 Å². The van der Waals surface area contributed by atoms with Crippen molar-refractivity contribution in [3.05, 3.63) is 14.7 Å². The third-order valence-electron chi connectivity index (χ3n) is 2.91.